The van der Waals surface area contributed by atoms with Crippen molar-refractivity contribution in [3.8, 4) is 0 Å². The molecule has 2 aliphatic carbocycles. The summed E-state index contributed by atoms with van der Waals surface area (Å²) in [6.07, 6.45) is 4.61. The molecule has 0 spiro atoms. The smallest absolute Gasteiger partial charge is 0.317 e. The van der Waals surface area contributed by atoms with E-state index in [1.54, 1.807) is 13.8 Å². The van der Waals surface area contributed by atoms with Crippen LogP contribution in [-0.2, 0) is 4.79 Å². The Balaban J connectivity index is 1.85. The van der Waals surface area contributed by atoms with Crippen molar-refractivity contribution >= 4 is 12.0 Å². The summed E-state index contributed by atoms with van der Waals surface area (Å²) in [5, 5.41) is 11.7. The molecule has 2 unspecified atom stereocenters. The highest BCUT2D eigenvalue weighted by atomic mass is 16.4. The fourth-order valence-corrected chi connectivity index (χ4v) is 1.98. The summed E-state index contributed by atoms with van der Waals surface area (Å²) in [7, 11) is 0. The zero-order valence-corrected chi connectivity index (χ0v) is 11.1. The van der Waals surface area contributed by atoms with E-state index in [2.05, 4.69) is 5.32 Å². The highest BCUT2D eigenvalue weighted by Crippen LogP contribution is 2.34. The lowest BCUT2D eigenvalue weighted by Gasteiger charge is -2.26. The van der Waals surface area contributed by atoms with Crippen LogP contribution in [0.25, 0.3) is 0 Å². The maximum Gasteiger partial charge on any atom is 0.317 e. The van der Waals surface area contributed by atoms with Crippen molar-refractivity contribution in [2.75, 3.05) is 6.54 Å². The zero-order valence-electron chi connectivity index (χ0n) is 11.1. The Kier molecular flexibility index (Phi) is 3.78. The van der Waals surface area contributed by atoms with Crippen LogP contribution in [-0.4, -0.2) is 40.6 Å². The van der Waals surface area contributed by atoms with E-state index < -0.39 is 11.9 Å². The Hall–Kier alpha value is -1.26. The molecular weight excluding hydrogens is 232 g/mol. The molecule has 102 valence electrons. The van der Waals surface area contributed by atoms with Gasteiger partial charge < -0.3 is 15.3 Å². The Morgan fingerprint density at radius 2 is 1.89 bits per heavy atom. The number of urea groups is 1. The van der Waals surface area contributed by atoms with E-state index in [0.29, 0.717) is 12.0 Å². The lowest BCUT2D eigenvalue weighted by molar-refractivity contribution is -0.141. The predicted octanol–water partition coefficient (Wildman–Crippen LogP) is 1.68. The topological polar surface area (TPSA) is 69.6 Å². The first kappa shape index (κ1) is 13.2. The van der Waals surface area contributed by atoms with E-state index in [0.717, 1.165) is 19.4 Å². The first-order chi connectivity index (χ1) is 8.49. The lowest BCUT2D eigenvalue weighted by atomic mass is 10.0. The van der Waals surface area contributed by atoms with Crippen LogP contribution in [0, 0.1) is 11.8 Å². The van der Waals surface area contributed by atoms with Gasteiger partial charge in [-0.15, -0.1) is 0 Å². The van der Waals surface area contributed by atoms with Crippen LogP contribution < -0.4 is 5.32 Å². The average molecular weight is 254 g/mol. The Bertz CT molecular complexity index is 337. The Labute approximate surface area is 108 Å². The zero-order chi connectivity index (χ0) is 13.3. The number of nitrogens with zero attached hydrogens (tertiary/aromatic N) is 1. The molecule has 2 atom stereocenters. The van der Waals surface area contributed by atoms with Gasteiger partial charge in [-0.1, -0.05) is 0 Å². The van der Waals surface area contributed by atoms with Crippen LogP contribution >= 0.6 is 0 Å². The van der Waals surface area contributed by atoms with Crippen molar-refractivity contribution in [3.63, 3.8) is 0 Å². The molecule has 5 heteroatoms. The third-order valence-electron chi connectivity index (χ3n) is 3.89. The van der Waals surface area contributed by atoms with E-state index in [-0.39, 0.29) is 12.1 Å². The third kappa shape index (κ3) is 3.37. The number of carbonyl (C=O) groups is 2. The minimum absolute atomic E-state index is 0.0926. The van der Waals surface area contributed by atoms with Gasteiger partial charge in [-0.05, 0) is 45.4 Å². The molecule has 18 heavy (non-hydrogen) atoms. The molecule has 0 aromatic heterocycles. The van der Waals surface area contributed by atoms with Crippen LogP contribution in [0.15, 0.2) is 0 Å². The molecule has 2 saturated carbocycles. The van der Waals surface area contributed by atoms with Gasteiger partial charge in [-0.25, -0.2) is 4.79 Å². The Morgan fingerprint density at radius 3 is 2.33 bits per heavy atom. The molecule has 0 saturated heterocycles. The van der Waals surface area contributed by atoms with Gasteiger partial charge in [0.1, 0.15) is 0 Å². The first-order valence-corrected chi connectivity index (χ1v) is 6.79. The molecule has 0 radical (unpaired) electrons. The van der Waals surface area contributed by atoms with Crippen molar-refractivity contribution in [2.45, 2.75) is 51.6 Å². The monoisotopic (exact) mass is 254 g/mol. The van der Waals surface area contributed by atoms with Crippen molar-refractivity contribution in [2.24, 2.45) is 11.8 Å². The third-order valence-corrected chi connectivity index (χ3v) is 3.89. The number of amides is 2. The van der Waals surface area contributed by atoms with Crippen LogP contribution in [0.1, 0.15) is 39.5 Å². The van der Waals surface area contributed by atoms with Crippen LogP contribution in [0.4, 0.5) is 4.79 Å². The van der Waals surface area contributed by atoms with E-state index in [1.165, 1.54) is 12.8 Å². The maximum atomic E-state index is 12.1. The van der Waals surface area contributed by atoms with Crippen LogP contribution in [0.5, 0.6) is 0 Å². The summed E-state index contributed by atoms with van der Waals surface area (Å²) < 4.78 is 0. The van der Waals surface area contributed by atoms with Crippen molar-refractivity contribution in [1.29, 1.82) is 0 Å². The highest BCUT2D eigenvalue weighted by molar-refractivity contribution is 5.77. The van der Waals surface area contributed by atoms with Crippen LogP contribution in [0.3, 0.4) is 0 Å². The number of hydrogen-bond acceptors (Lipinski definition) is 2. The molecule has 0 heterocycles. The van der Waals surface area contributed by atoms with E-state index >= 15 is 0 Å². The van der Waals surface area contributed by atoms with Gasteiger partial charge in [0.2, 0.25) is 0 Å². The summed E-state index contributed by atoms with van der Waals surface area (Å²) in [5.74, 6) is -0.762. The first-order valence-electron chi connectivity index (χ1n) is 6.79. The molecule has 5 nitrogen and oxygen atoms in total. The van der Waals surface area contributed by atoms with Gasteiger partial charge in [0.15, 0.2) is 0 Å². The summed E-state index contributed by atoms with van der Waals surface area (Å²) in [6.45, 7) is 4.21. The second kappa shape index (κ2) is 5.16. The molecule has 0 aliphatic heterocycles. The van der Waals surface area contributed by atoms with Gasteiger partial charge in [-0.2, -0.15) is 0 Å². The largest absolute Gasteiger partial charge is 0.481 e. The number of rotatable bonds is 6. The summed E-state index contributed by atoms with van der Waals surface area (Å²) >= 11 is 0. The Morgan fingerprint density at radius 1 is 1.28 bits per heavy atom. The van der Waals surface area contributed by atoms with Gasteiger partial charge >= 0.3 is 12.0 Å². The maximum absolute atomic E-state index is 12.1. The number of aliphatic carboxylic acids is 1. The number of nitrogens with one attached hydrogen (secondary N) is 1. The molecule has 2 N–H and O–H groups in total. The van der Waals surface area contributed by atoms with Gasteiger partial charge in [0.25, 0.3) is 0 Å². The standard InChI is InChI=1S/C13H22N2O3/c1-8(12(16)17)9(2)14-13(18)15(11-5-6-11)7-10-3-4-10/h8-11H,3-7H2,1-2H3,(H,14,18)(H,16,17). The molecule has 2 amide bonds. The second-order valence-electron chi connectivity index (χ2n) is 5.69. The number of carboxylic acids is 1. The normalized spacial score (nSPS) is 22.1. The molecule has 0 aromatic rings. The summed E-state index contributed by atoms with van der Waals surface area (Å²) in [4.78, 5) is 24.9. The minimum Gasteiger partial charge on any atom is -0.481 e. The summed E-state index contributed by atoms with van der Waals surface area (Å²) in [5.41, 5.74) is 0. The van der Waals surface area contributed by atoms with Gasteiger partial charge in [-0.3, -0.25) is 4.79 Å². The van der Waals surface area contributed by atoms with E-state index in [4.69, 9.17) is 5.11 Å². The molecule has 0 aromatic carbocycles. The molecule has 2 fully saturated rings. The van der Waals surface area contributed by atoms with E-state index in [9.17, 15) is 9.59 Å². The SMILES string of the molecule is CC(NC(=O)N(CC1CC1)C1CC1)C(C)C(=O)O. The molecule has 2 rings (SSSR count). The number of carbonyl (C=O) groups excluding carboxylic acids is 1. The van der Waals surface area contributed by atoms with Crippen molar-refractivity contribution in [3.05, 3.63) is 0 Å². The molecular formula is C13H22N2O3. The molecule has 2 aliphatic rings. The lowest BCUT2D eigenvalue weighted by Crippen LogP contribution is -2.48. The fraction of sp³-hybridized carbons (Fsp3) is 0.846. The predicted molar refractivity (Wildman–Crippen MR) is 67.2 cm³/mol. The second-order valence-corrected chi connectivity index (χ2v) is 5.69. The number of hydrogen-bond donors (Lipinski definition) is 2. The highest BCUT2D eigenvalue weighted by Gasteiger charge is 2.37. The van der Waals surface area contributed by atoms with Crippen molar-refractivity contribution < 1.29 is 14.7 Å². The average Bonchev–Trinajstić information content (AvgIpc) is 3.14. The van der Waals surface area contributed by atoms with E-state index in [1.807, 2.05) is 4.90 Å². The van der Waals surface area contributed by atoms with Crippen LogP contribution in [0.2, 0.25) is 0 Å². The number of carboxylic acid groups (broad SMARTS) is 1. The van der Waals surface area contributed by atoms with Crippen molar-refractivity contribution in [1.82, 2.24) is 10.2 Å². The van der Waals surface area contributed by atoms with Gasteiger partial charge in [0.05, 0.1) is 5.92 Å². The fourth-order valence-electron chi connectivity index (χ4n) is 1.98. The van der Waals surface area contributed by atoms with Gasteiger partial charge in [0, 0.05) is 18.6 Å². The molecule has 0 bridgehead atoms. The summed E-state index contributed by atoms with van der Waals surface area (Å²) in [6, 6.07) is -0.0432. The minimum atomic E-state index is -0.872. The quantitative estimate of drug-likeness (QED) is 0.757.